The summed E-state index contributed by atoms with van der Waals surface area (Å²) in [6, 6.07) is 3.62. The van der Waals surface area contributed by atoms with Gasteiger partial charge in [0.15, 0.2) is 0 Å². The van der Waals surface area contributed by atoms with Crippen molar-refractivity contribution in [1.29, 1.82) is 0 Å². The maximum atomic E-state index is 13.3. The smallest absolute Gasteiger partial charge is 0.338 e. The van der Waals surface area contributed by atoms with Crippen LogP contribution >= 0.6 is 0 Å². The Morgan fingerprint density at radius 3 is 2.75 bits per heavy atom. The summed E-state index contributed by atoms with van der Waals surface area (Å²) in [6.45, 7) is 0.753. The normalized spacial score (nSPS) is 23.9. The number of carbonyl (C=O) groups is 2. The fourth-order valence-corrected chi connectivity index (χ4v) is 3.14. The maximum absolute atomic E-state index is 13.3. The fourth-order valence-electron chi connectivity index (χ4n) is 3.14. The average molecular weight is 278 g/mol. The van der Waals surface area contributed by atoms with Gasteiger partial charge < -0.3 is 15.3 Å². The minimum atomic E-state index is -1.35. The number of hydrogen-bond acceptors (Lipinski definition) is 2. The lowest BCUT2D eigenvalue weighted by molar-refractivity contribution is 0.0692. The van der Waals surface area contributed by atoms with Gasteiger partial charge in [0.05, 0.1) is 5.56 Å². The predicted octanol–water partition coefficient (Wildman–Crippen LogP) is 2.54. The van der Waals surface area contributed by atoms with Crippen LogP contribution in [0.3, 0.4) is 0 Å². The topological polar surface area (TPSA) is 69.6 Å². The van der Waals surface area contributed by atoms with Crippen molar-refractivity contribution in [1.82, 2.24) is 4.90 Å². The van der Waals surface area contributed by atoms with E-state index in [0.29, 0.717) is 17.6 Å². The lowest BCUT2D eigenvalue weighted by Crippen LogP contribution is -2.40. The van der Waals surface area contributed by atoms with E-state index in [1.165, 1.54) is 12.5 Å². The van der Waals surface area contributed by atoms with Crippen molar-refractivity contribution in [2.24, 2.45) is 5.92 Å². The zero-order chi connectivity index (χ0) is 14.3. The predicted molar refractivity (Wildman–Crippen MR) is 70.2 cm³/mol. The molecule has 1 heterocycles. The van der Waals surface area contributed by atoms with Gasteiger partial charge in [0.2, 0.25) is 0 Å². The van der Waals surface area contributed by atoms with Crippen LogP contribution in [0.15, 0.2) is 18.2 Å². The summed E-state index contributed by atoms with van der Waals surface area (Å²) in [5.41, 5.74) is -0.137. The van der Waals surface area contributed by atoms with Crippen molar-refractivity contribution < 1.29 is 19.1 Å². The number of nitrogens with one attached hydrogen (secondary N) is 1. The quantitative estimate of drug-likeness (QED) is 0.873. The molecule has 0 aromatic heterocycles. The second-order valence-corrected chi connectivity index (χ2v) is 5.42. The number of carboxylic acids is 1. The molecule has 2 bridgehead atoms. The van der Waals surface area contributed by atoms with Crippen LogP contribution in [0.4, 0.5) is 14.9 Å². The van der Waals surface area contributed by atoms with Crippen molar-refractivity contribution in [3.8, 4) is 0 Å². The Bertz CT molecular complexity index is 576. The number of fused-ring (bicyclic) bond motifs is 2. The lowest BCUT2D eigenvalue weighted by Gasteiger charge is -2.27. The largest absolute Gasteiger partial charge is 0.478 e. The Morgan fingerprint density at radius 1 is 1.35 bits per heavy atom. The van der Waals surface area contributed by atoms with E-state index in [2.05, 4.69) is 5.32 Å². The van der Waals surface area contributed by atoms with Crippen LogP contribution < -0.4 is 5.32 Å². The van der Waals surface area contributed by atoms with Gasteiger partial charge in [0.25, 0.3) is 0 Å². The van der Waals surface area contributed by atoms with Crippen molar-refractivity contribution >= 4 is 17.7 Å². The highest BCUT2D eigenvalue weighted by molar-refractivity contribution is 5.93. The summed E-state index contributed by atoms with van der Waals surface area (Å²) < 4.78 is 13.3. The van der Waals surface area contributed by atoms with E-state index in [0.717, 1.165) is 31.5 Å². The SMILES string of the molecule is O=C(O)c1cc(NC(=O)N2CC3CCC2C3)ccc1F. The zero-order valence-corrected chi connectivity index (χ0v) is 10.8. The van der Waals surface area contributed by atoms with Gasteiger partial charge in [-0.05, 0) is 43.4 Å². The highest BCUT2D eigenvalue weighted by atomic mass is 19.1. The minimum Gasteiger partial charge on any atom is -0.478 e. The van der Waals surface area contributed by atoms with Crippen LogP contribution in [0.1, 0.15) is 29.6 Å². The minimum absolute atomic E-state index is 0.236. The molecule has 2 N–H and O–H groups in total. The number of nitrogens with zero attached hydrogens (tertiary/aromatic N) is 1. The van der Waals surface area contributed by atoms with E-state index in [9.17, 15) is 14.0 Å². The lowest BCUT2D eigenvalue weighted by atomic mass is 10.1. The molecule has 2 amide bonds. The summed E-state index contributed by atoms with van der Waals surface area (Å²) in [5.74, 6) is -1.57. The third kappa shape index (κ3) is 2.21. The van der Waals surface area contributed by atoms with Gasteiger partial charge >= 0.3 is 12.0 Å². The molecule has 1 saturated carbocycles. The zero-order valence-electron chi connectivity index (χ0n) is 10.8. The van der Waals surface area contributed by atoms with Crippen molar-refractivity contribution in [2.45, 2.75) is 25.3 Å². The monoisotopic (exact) mass is 278 g/mol. The first-order chi connectivity index (χ1) is 9.54. The van der Waals surface area contributed by atoms with Crippen molar-refractivity contribution in [3.05, 3.63) is 29.6 Å². The van der Waals surface area contributed by atoms with Gasteiger partial charge in [-0.3, -0.25) is 0 Å². The van der Waals surface area contributed by atoms with Gasteiger partial charge in [-0.1, -0.05) is 0 Å². The Balaban J connectivity index is 1.73. The molecule has 2 unspecified atom stereocenters. The molecule has 1 aliphatic carbocycles. The third-order valence-electron chi connectivity index (χ3n) is 4.12. The van der Waals surface area contributed by atoms with E-state index < -0.39 is 17.3 Å². The Labute approximate surface area is 115 Å². The molecule has 2 aliphatic rings. The standard InChI is InChI=1S/C14H15FN2O3/c15-12-4-2-9(6-11(12)13(18)19)16-14(20)17-7-8-1-3-10(17)5-8/h2,4,6,8,10H,1,3,5,7H2,(H,16,20)(H,18,19). The first-order valence-corrected chi connectivity index (χ1v) is 6.65. The Morgan fingerprint density at radius 2 is 2.15 bits per heavy atom. The number of rotatable bonds is 2. The van der Waals surface area contributed by atoms with Crippen molar-refractivity contribution in [2.75, 3.05) is 11.9 Å². The number of likely N-dealkylation sites (tertiary alicyclic amines) is 1. The molecule has 2 fully saturated rings. The number of urea groups is 1. The Hall–Kier alpha value is -2.11. The van der Waals surface area contributed by atoms with Gasteiger partial charge in [0.1, 0.15) is 5.82 Å². The van der Waals surface area contributed by atoms with E-state index in [-0.39, 0.29) is 6.03 Å². The average Bonchev–Trinajstić information content (AvgIpc) is 3.03. The first kappa shape index (κ1) is 12.9. The second-order valence-electron chi connectivity index (χ2n) is 5.42. The first-order valence-electron chi connectivity index (χ1n) is 6.65. The van der Waals surface area contributed by atoms with Gasteiger partial charge in [-0.25, -0.2) is 14.0 Å². The van der Waals surface area contributed by atoms with Gasteiger partial charge in [0, 0.05) is 18.3 Å². The summed E-state index contributed by atoms with van der Waals surface area (Å²) in [6.07, 6.45) is 3.26. The molecule has 1 saturated heterocycles. The number of halogens is 1. The van der Waals surface area contributed by atoms with Crippen LogP contribution in [0, 0.1) is 11.7 Å². The van der Waals surface area contributed by atoms with Crippen LogP contribution in [0.5, 0.6) is 0 Å². The summed E-state index contributed by atoms with van der Waals surface area (Å²) in [5, 5.41) is 11.5. The number of carboxylic acid groups (broad SMARTS) is 1. The molecule has 20 heavy (non-hydrogen) atoms. The van der Waals surface area contributed by atoms with E-state index in [1.54, 1.807) is 4.90 Å². The summed E-state index contributed by atoms with van der Waals surface area (Å²) >= 11 is 0. The van der Waals surface area contributed by atoms with Crippen LogP contribution in [0.25, 0.3) is 0 Å². The summed E-state index contributed by atoms with van der Waals surface area (Å²) in [4.78, 5) is 24.8. The molecular formula is C14H15FN2O3. The van der Waals surface area contributed by atoms with Gasteiger partial charge in [-0.15, -0.1) is 0 Å². The highest BCUT2D eigenvalue weighted by Gasteiger charge is 2.40. The molecule has 1 aromatic carbocycles. The molecule has 0 radical (unpaired) electrons. The Kier molecular flexibility index (Phi) is 3.08. The number of hydrogen-bond donors (Lipinski definition) is 2. The number of amides is 2. The van der Waals surface area contributed by atoms with Gasteiger partial charge in [-0.2, -0.15) is 0 Å². The summed E-state index contributed by atoms with van der Waals surface area (Å²) in [7, 11) is 0. The van der Waals surface area contributed by atoms with E-state index in [4.69, 9.17) is 5.11 Å². The molecule has 106 valence electrons. The molecule has 5 nitrogen and oxygen atoms in total. The third-order valence-corrected chi connectivity index (χ3v) is 4.12. The highest BCUT2D eigenvalue weighted by Crippen LogP contribution is 2.37. The molecule has 2 atom stereocenters. The van der Waals surface area contributed by atoms with Crippen LogP contribution in [0.2, 0.25) is 0 Å². The second kappa shape index (κ2) is 4.77. The van der Waals surface area contributed by atoms with E-state index >= 15 is 0 Å². The number of anilines is 1. The molecular weight excluding hydrogens is 263 g/mol. The fraction of sp³-hybridized carbons (Fsp3) is 0.429. The van der Waals surface area contributed by atoms with Crippen molar-refractivity contribution in [3.63, 3.8) is 0 Å². The number of aromatic carboxylic acids is 1. The maximum Gasteiger partial charge on any atom is 0.338 e. The number of piperidine rings is 1. The number of benzene rings is 1. The van der Waals surface area contributed by atoms with Crippen LogP contribution in [-0.2, 0) is 0 Å². The van der Waals surface area contributed by atoms with Crippen LogP contribution in [-0.4, -0.2) is 34.6 Å². The molecule has 0 spiro atoms. The molecule has 6 heteroatoms. The molecule has 1 aromatic rings. The molecule has 3 rings (SSSR count). The molecule has 1 aliphatic heterocycles. The number of carbonyl (C=O) groups excluding carboxylic acids is 1. The van der Waals surface area contributed by atoms with E-state index in [1.807, 2.05) is 0 Å².